The Morgan fingerprint density at radius 2 is 1.76 bits per heavy atom. The van der Waals surface area contributed by atoms with Gasteiger partial charge in [-0.25, -0.2) is 9.37 Å². The molecule has 13 heteroatoms. The average molecular weight is 614 g/mol. The van der Waals surface area contributed by atoms with Gasteiger partial charge >= 0.3 is 0 Å². The third-order valence-electron chi connectivity index (χ3n) is 6.62. The summed E-state index contributed by atoms with van der Waals surface area (Å²) in [6.45, 7) is 0. The van der Waals surface area contributed by atoms with E-state index in [9.17, 15) is 22.4 Å². The summed E-state index contributed by atoms with van der Waals surface area (Å²) in [5.41, 5.74) is 1.90. The van der Waals surface area contributed by atoms with Crippen molar-refractivity contribution >= 4 is 50.6 Å². The molecular weight excluding hydrogens is 589 g/mol. The predicted molar refractivity (Wildman–Crippen MR) is 156 cm³/mol. The number of carbonyl (C=O) groups is 2. The number of anilines is 1. The van der Waals surface area contributed by atoms with E-state index >= 15 is 0 Å². The normalized spacial score (nSPS) is 19.3. The fraction of sp³-hybridized carbons (Fsp3) is 0.179. The zero-order valence-corrected chi connectivity index (χ0v) is 24.0. The molecule has 3 N–H and O–H groups in total. The number of nitrogens with one attached hydrogen (secondary N) is 3. The highest BCUT2D eigenvalue weighted by Crippen LogP contribution is 2.32. The van der Waals surface area contributed by atoms with Gasteiger partial charge in [0, 0.05) is 24.5 Å². The number of likely N-dealkylation sites (N-methyl/N-ethyl adjacent to an activating group) is 1. The molecule has 3 aromatic carbocycles. The molecule has 4 aromatic rings. The van der Waals surface area contributed by atoms with E-state index in [-0.39, 0.29) is 17.1 Å². The number of rotatable bonds is 7. The van der Waals surface area contributed by atoms with Gasteiger partial charge in [0.2, 0.25) is 11.8 Å². The van der Waals surface area contributed by atoms with Gasteiger partial charge in [-0.1, -0.05) is 72.3 Å². The fourth-order valence-corrected chi connectivity index (χ4v) is 6.85. The molecule has 3 unspecified atom stereocenters. The molecule has 1 fully saturated rings. The lowest BCUT2D eigenvalue weighted by Crippen LogP contribution is -2.62. The Balaban J connectivity index is 1.38. The molecule has 1 aliphatic rings. The first kappa shape index (κ1) is 28.8. The van der Waals surface area contributed by atoms with Crippen LogP contribution in [0.2, 0.25) is 5.02 Å². The van der Waals surface area contributed by atoms with Crippen molar-refractivity contribution in [2.75, 3.05) is 12.4 Å². The number of halogens is 2. The Kier molecular flexibility index (Phi) is 8.47. The van der Waals surface area contributed by atoms with Gasteiger partial charge in [-0.2, -0.15) is 17.4 Å². The monoisotopic (exact) mass is 613 g/mol. The summed E-state index contributed by atoms with van der Waals surface area (Å²) in [5.74, 6) is -1.95. The molecule has 212 valence electrons. The lowest BCUT2D eigenvalue weighted by molar-refractivity contribution is -0.125. The Bertz CT molecular complexity index is 1670. The van der Waals surface area contributed by atoms with Crippen molar-refractivity contribution in [3.63, 3.8) is 0 Å². The molecule has 1 aromatic heterocycles. The van der Waals surface area contributed by atoms with Crippen LogP contribution in [-0.2, 0) is 19.8 Å². The summed E-state index contributed by atoms with van der Waals surface area (Å²) in [6.07, 6.45) is 1.54. The van der Waals surface area contributed by atoms with Crippen molar-refractivity contribution < 1.29 is 22.4 Å². The minimum atomic E-state index is -4.19. The van der Waals surface area contributed by atoms with Crippen LogP contribution in [0.1, 0.15) is 22.9 Å². The lowest BCUT2D eigenvalue weighted by atomic mass is 10.0. The van der Waals surface area contributed by atoms with Crippen LogP contribution >= 0.6 is 22.9 Å². The number of thiazole rings is 1. The molecule has 1 aliphatic heterocycles. The Morgan fingerprint density at radius 3 is 2.44 bits per heavy atom. The summed E-state index contributed by atoms with van der Waals surface area (Å²) in [6, 6.07) is 19.4. The van der Waals surface area contributed by atoms with Crippen molar-refractivity contribution in [2.24, 2.45) is 0 Å². The second-order valence-corrected chi connectivity index (χ2v) is 12.6. The van der Waals surface area contributed by atoms with E-state index in [1.807, 2.05) is 60.7 Å². The highest BCUT2D eigenvalue weighted by Gasteiger charge is 2.43. The fourth-order valence-electron chi connectivity index (χ4n) is 4.42. The van der Waals surface area contributed by atoms with E-state index < -0.39 is 46.0 Å². The maximum absolute atomic E-state index is 13.6. The third kappa shape index (κ3) is 6.47. The molecule has 41 heavy (non-hydrogen) atoms. The molecule has 5 rings (SSSR count). The number of hydrogen-bond acceptors (Lipinski definition) is 6. The Labute approximate surface area is 245 Å². The minimum Gasteiger partial charge on any atom is -0.343 e. The Morgan fingerprint density at radius 1 is 1.07 bits per heavy atom. The van der Waals surface area contributed by atoms with Gasteiger partial charge < -0.3 is 10.6 Å². The number of carbonyl (C=O) groups excluding carboxylic acids is 2. The first-order valence-electron chi connectivity index (χ1n) is 12.5. The van der Waals surface area contributed by atoms with Crippen LogP contribution in [0.4, 0.5) is 10.1 Å². The van der Waals surface area contributed by atoms with Crippen molar-refractivity contribution in [1.82, 2.24) is 19.3 Å². The smallest absolute Gasteiger partial charge is 0.280 e. The molecule has 9 nitrogen and oxygen atoms in total. The van der Waals surface area contributed by atoms with Crippen LogP contribution in [-0.4, -0.2) is 48.7 Å². The molecule has 2 amide bonds. The first-order chi connectivity index (χ1) is 19.6. The number of aromatic nitrogens is 1. The quantitative estimate of drug-likeness (QED) is 0.286. The van der Waals surface area contributed by atoms with E-state index in [4.69, 9.17) is 11.6 Å². The van der Waals surface area contributed by atoms with Gasteiger partial charge in [-0.05, 0) is 30.2 Å². The van der Waals surface area contributed by atoms with Gasteiger partial charge in [-0.15, -0.1) is 11.3 Å². The second-order valence-electron chi connectivity index (χ2n) is 9.35. The molecule has 1 saturated heterocycles. The summed E-state index contributed by atoms with van der Waals surface area (Å²) < 4.78 is 42.6. The molecule has 0 bridgehead atoms. The first-order valence-corrected chi connectivity index (χ1v) is 15.1. The minimum absolute atomic E-state index is 0.151. The number of hydrogen-bond donors (Lipinski definition) is 3. The molecule has 3 atom stereocenters. The van der Waals surface area contributed by atoms with Gasteiger partial charge in [0.15, 0.2) is 0 Å². The van der Waals surface area contributed by atoms with Crippen molar-refractivity contribution in [1.29, 1.82) is 0 Å². The van der Waals surface area contributed by atoms with Crippen LogP contribution < -0.4 is 15.4 Å². The molecule has 0 spiro atoms. The van der Waals surface area contributed by atoms with E-state index in [1.165, 1.54) is 30.5 Å². The van der Waals surface area contributed by atoms with Crippen molar-refractivity contribution in [3.05, 3.63) is 106 Å². The zero-order valence-electron chi connectivity index (χ0n) is 21.6. The van der Waals surface area contributed by atoms with Gasteiger partial charge in [0.05, 0.1) is 15.9 Å². The van der Waals surface area contributed by atoms with Gasteiger partial charge in [0.25, 0.3) is 10.2 Å². The molecule has 0 saturated carbocycles. The predicted octanol–water partition coefficient (Wildman–Crippen LogP) is 4.35. The molecular formula is C28H25ClFN5O4S2. The largest absolute Gasteiger partial charge is 0.343 e. The maximum atomic E-state index is 13.6. The highest BCUT2D eigenvalue weighted by molar-refractivity contribution is 7.87. The van der Waals surface area contributed by atoms with E-state index in [2.05, 4.69) is 20.3 Å². The van der Waals surface area contributed by atoms with Crippen LogP contribution in [0.15, 0.2) is 85.1 Å². The molecule has 0 radical (unpaired) electrons. The summed E-state index contributed by atoms with van der Waals surface area (Å²) in [4.78, 5) is 32.0. The number of amides is 2. The van der Waals surface area contributed by atoms with Crippen LogP contribution in [0.25, 0.3) is 10.6 Å². The maximum Gasteiger partial charge on any atom is 0.280 e. The summed E-state index contributed by atoms with van der Waals surface area (Å²) in [5, 5.41) is 6.08. The van der Waals surface area contributed by atoms with Gasteiger partial charge in [-0.3, -0.25) is 9.59 Å². The van der Waals surface area contributed by atoms with Crippen LogP contribution in [0, 0.1) is 5.82 Å². The van der Waals surface area contributed by atoms with Crippen molar-refractivity contribution in [3.8, 4) is 10.6 Å². The standard InChI is InChI=1S/C28H25ClFN5O4S2/c1-35-23(27(37)32-19-12-13-21(30)20(29)14-19)15-22(34-41(35,38)39)26(36)33-25(17-8-4-2-5-9-17)24-16-31-28(40-24)18-10-6-3-7-11-18/h2-14,16,22-23,25,34H,15H2,1H3,(H,32,37)(H,33,36). The van der Waals surface area contributed by atoms with Crippen LogP contribution in [0.3, 0.4) is 0 Å². The second kappa shape index (κ2) is 12.0. The average Bonchev–Trinajstić information content (AvgIpc) is 3.46. The number of benzene rings is 3. The molecule has 0 aliphatic carbocycles. The number of nitrogens with zero attached hydrogens (tertiary/aromatic N) is 2. The van der Waals surface area contributed by atoms with E-state index in [1.54, 1.807) is 6.20 Å². The summed E-state index contributed by atoms with van der Waals surface area (Å²) in [7, 11) is -2.94. The van der Waals surface area contributed by atoms with E-state index in [0.717, 1.165) is 31.4 Å². The van der Waals surface area contributed by atoms with Gasteiger partial charge in [0.1, 0.15) is 22.9 Å². The zero-order chi connectivity index (χ0) is 29.1. The topological polar surface area (TPSA) is 120 Å². The SMILES string of the molecule is CN1C(C(=O)Nc2ccc(F)c(Cl)c2)CC(C(=O)NC(c2ccccc2)c2cnc(-c3ccccc3)s2)NS1(=O)=O. The van der Waals surface area contributed by atoms with E-state index in [0.29, 0.717) is 0 Å². The lowest BCUT2D eigenvalue weighted by Gasteiger charge is -2.35. The summed E-state index contributed by atoms with van der Waals surface area (Å²) >= 11 is 7.22. The van der Waals surface area contributed by atoms with Crippen LogP contribution in [0.5, 0.6) is 0 Å². The van der Waals surface area contributed by atoms with Crippen molar-refractivity contribution in [2.45, 2.75) is 24.5 Å². The Hall–Kier alpha value is -3.68. The highest BCUT2D eigenvalue weighted by atomic mass is 35.5. The third-order valence-corrected chi connectivity index (χ3v) is 9.62. The molecule has 2 heterocycles.